The number of fused-ring (bicyclic) bond motifs is 2. The first kappa shape index (κ1) is 23.7. The van der Waals surface area contributed by atoms with Gasteiger partial charge >= 0.3 is 0 Å². The van der Waals surface area contributed by atoms with Crippen molar-refractivity contribution in [1.82, 2.24) is 14.9 Å². The molecule has 1 aliphatic heterocycles. The molecule has 1 amide bonds. The molecule has 0 saturated heterocycles. The number of aliphatic imine (C=N–C) groups is 1. The lowest BCUT2D eigenvalue weighted by atomic mass is 10.0. The quantitative estimate of drug-likeness (QED) is 0.241. The third-order valence-electron chi connectivity index (χ3n) is 7.06. The largest absolute Gasteiger partial charge is 0.467 e. The van der Waals surface area contributed by atoms with E-state index in [-0.39, 0.29) is 5.91 Å². The Labute approximate surface area is 231 Å². The Morgan fingerprint density at radius 1 is 0.750 bits per heavy atom. The van der Waals surface area contributed by atoms with Crippen molar-refractivity contribution in [3.63, 3.8) is 0 Å². The summed E-state index contributed by atoms with van der Waals surface area (Å²) in [6.07, 6.45) is 1.66. The van der Waals surface area contributed by atoms with Crippen LogP contribution in [0.3, 0.4) is 0 Å². The first-order valence-electron chi connectivity index (χ1n) is 13.1. The van der Waals surface area contributed by atoms with Gasteiger partial charge in [0.1, 0.15) is 11.6 Å². The Hall–Kier alpha value is -5.36. The number of hydrogen-bond acceptors (Lipinski definition) is 4. The summed E-state index contributed by atoms with van der Waals surface area (Å²) in [4.78, 5) is 30.2. The van der Waals surface area contributed by atoms with Crippen LogP contribution in [0.2, 0.25) is 0 Å². The van der Waals surface area contributed by atoms with Crippen molar-refractivity contribution in [3.05, 3.63) is 144 Å². The molecule has 0 atom stereocenters. The Morgan fingerprint density at radius 2 is 1.43 bits per heavy atom. The second-order valence-electron chi connectivity index (χ2n) is 9.69. The van der Waals surface area contributed by atoms with Crippen molar-refractivity contribution in [2.45, 2.75) is 13.1 Å². The molecule has 7 rings (SSSR count). The third-order valence-corrected chi connectivity index (χ3v) is 7.06. The minimum Gasteiger partial charge on any atom is -0.467 e. The van der Waals surface area contributed by atoms with Crippen LogP contribution in [0.15, 0.2) is 131 Å². The summed E-state index contributed by atoms with van der Waals surface area (Å²) in [6, 6.07) is 37.3. The summed E-state index contributed by atoms with van der Waals surface area (Å²) in [5, 5.41) is 0. The maximum atomic E-state index is 13.6. The van der Waals surface area contributed by atoms with Crippen LogP contribution in [0.1, 0.15) is 27.2 Å². The molecule has 6 aromatic rings. The monoisotopic (exact) mass is 520 g/mol. The van der Waals surface area contributed by atoms with E-state index in [4.69, 9.17) is 14.4 Å². The van der Waals surface area contributed by atoms with Crippen LogP contribution in [0.4, 0.5) is 0 Å². The number of hydrogen-bond donors (Lipinski definition) is 0. The zero-order valence-electron chi connectivity index (χ0n) is 21.6. The number of furan rings is 1. The summed E-state index contributed by atoms with van der Waals surface area (Å²) < 4.78 is 5.57. The lowest BCUT2D eigenvalue weighted by Gasteiger charge is -2.17. The van der Waals surface area contributed by atoms with E-state index in [1.165, 1.54) is 0 Å². The average Bonchev–Trinajstić information content (AvgIpc) is 3.65. The van der Waals surface area contributed by atoms with Gasteiger partial charge < -0.3 is 9.32 Å². The number of carbonyl (C=O) groups excluding carboxylic acids is 1. The van der Waals surface area contributed by atoms with E-state index < -0.39 is 0 Å². The predicted molar refractivity (Wildman–Crippen MR) is 156 cm³/mol. The van der Waals surface area contributed by atoms with Gasteiger partial charge in [-0.2, -0.15) is 4.99 Å². The van der Waals surface area contributed by atoms with Gasteiger partial charge in [0.05, 0.1) is 35.2 Å². The van der Waals surface area contributed by atoms with E-state index in [1.54, 1.807) is 18.4 Å². The molecule has 0 spiro atoms. The van der Waals surface area contributed by atoms with Crippen molar-refractivity contribution in [2.24, 2.45) is 4.99 Å². The number of aromatic nitrogens is 2. The smallest absolute Gasteiger partial charge is 0.279 e. The van der Waals surface area contributed by atoms with Crippen LogP contribution in [0, 0.1) is 0 Å². The number of nitrogens with zero attached hydrogens (tertiary/aromatic N) is 4. The molecule has 0 fully saturated rings. The highest BCUT2D eigenvalue weighted by molar-refractivity contribution is 6.12. The Bertz CT molecular complexity index is 1860. The fraction of sp³-hybridized carbons (Fsp3) is 0.0588. The summed E-state index contributed by atoms with van der Waals surface area (Å²) >= 11 is 0. The third kappa shape index (κ3) is 4.46. The second kappa shape index (κ2) is 10.1. The summed E-state index contributed by atoms with van der Waals surface area (Å²) in [7, 11) is 0. The molecule has 3 heterocycles. The molecule has 0 bridgehead atoms. The molecule has 4 aromatic carbocycles. The van der Waals surface area contributed by atoms with E-state index in [2.05, 4.69) is 16.0 Å². The number of amides is 1. The minimum absolute atomic E-state index is 0.326. The Balaban J connectivity index is 1.30. The molecule has 6 heteroatoms. The van der Waals surface area contributed by atoms with Crippen LogP contribution in [-0.2, 0) is 13.1 Å². The molecule has 0 N–H and O–H groups in total. The number of amidine groups is 1. The fourth-order valence-corrected chi connectivity index (χ4v) is 5.12. The second-order valence-corrected chi connectivity index (χ2v) is 9.69. The molecular formula is C34H24N4O2. The van der Waals surface area contributed by atoms with Crippen molar-refractivity contribution >= 4 is 22.8 Å². The van der Waals surface area contributed by atoms with Crippen molar-refractivity contribution in [2.75, 3.05) is 0 Å². The molecule has 0 unspecified atom stereocenters. The molecule has 6 nitrogen and oxygen atoms in total. The first-order chi connectivity index (χ1) is 19.7. The van der Waals surface area contributed by atoms with Gasteiger partial charge in [-0.25, -0.2) is 9.97 Å². The molecule has 40 heavy (non-hydrogen) atoms. The molecule has 0 aliphatic carbocycles. The highest BCUT2D eigenvalue weighted by Crippen LogP contribution is 2.31. The number of rotatable bonds is 5. The molecule has 2 aromatic heterocycles. The van der Waals surface area contributed by atoms with Gasteiger partial charge in [-0.15, -0.1) is 0 Å². The highest BCUT2D eigenvalue weighted by atomic mass is 16.3. The predicted octanol–water partition coefficient (Wildman–Crippen LogP) is 7.16. The van der Waals surface area contributed by atoms with E-state index in [1.807, 2.05) is 97.1 Å². The number of benzene rings is 4. The molecule has 1 aliphatic rings. The SMILES string of the molecule is O=C(N=C1c2ccccc2CN1Cc1ccco1)c1ccc2nc(-c3ccccc3)c(-c3ccccc3)nc2c1. The maximum Gasteiger partial charge on any atom is 0.279 e. The van der Waals surface area contributed by atoms with Crippen LogP contribution < -0.4 is 0 Å². The Kier molecular flexibility index (Phi) is 5.98. The van der Waals surface area contributed by atoms with E-state index in [0.29, 0.717) is 35.5 Å². The average molecular weight is 521 g/mol. The van der Waals surface area contributed by atoms with E-state index in [9.17, 15) is 4.79 Å². The van der Waals surface area contributed by atoms with Gasteiger partial charge in [-0.3, -0.25) is 4.79 Å². The first-order valence-corrected chi connectivity index (χ1v) is 13.1. The van der Waals surface area contributed by atoms with Crippen molar-refractivity contribution in [3.8, 4) is 22.5 Å². The van der Waals surface area contributed by atoms with Gasteiger partial charge in [0.15, 0.2) is 0 Å². The maximum absolute atomic E-state index is 13.6. The topological polar surface area (TPSA) is 71.6 Å². The summed E-state index contributed by atoms with van der Waals surface area (Å²) in [6.45, 7) is 1.19. The number of carbonyl (C=O) groups is 1. The lowest BCUT2D eigenvalue weighted by Crippen LogP contribution is -2.25. The van der Waals surface area contributed by atoms with Crippen LogP contribution in [-0.4, -0.2) is 26.6 Å². The van der Waals surface area contributed by atoms with Gasteiger partial charge in [-0.05, 0) is 35.9 Å². The van der Waals surface area contributed by atoms with Gasteiger partial charge in [0, 0.05) is 28.8 Å². The van der Waals surface area contributed by atoms with Crippen LogP contribution in [0.5, 0.6) is 0 Å². The minimum atomic E-state index is -0.326. The summed E-state index contributed by atoms with van der Waals surface area (Å²) in [5.41, 5.74) is 7.43. The van der Waals surface area contributed by atoms with Crippen molar-refractivity contribution < 1.29 is 9.21 Å². The van der Waals surface area contributed by atoms with Gasteiger partial charge in [-0.1, -0.05) is 84.9 Å². The highest BCUT2D eigenvalue weighted by Gasteiger charge is 2.27. The molecule has 0 saturated carbocycles. The van der Waals surface area contributed by atoms with Gasteiger partial charge in [0.2, 0.25) is 0 Å². The lowest BCUT2D eigenvalue weighted by molar-refractivity contribution is 0.100. The van der Waals surface area contributed by atoms with Gasteiger partial charge in [0.25, 0.3) is 5.91 Å². The normalized spacial score (nSPS) is 13.6. The molecule has 192 valence electrons. The van der Waals surface area contributed by atoms with Crippen molar-refractivity contribution in [1.29, 1.82) is 0 Å². The zero-order chi connectivity index (χ0) is 26.9. The van der Waals surface area contributed by atoms with E-state index in [0.717, 1.165) is 39.4 Å². The fourth-order valence-electron chi connectivity index (χ4n) is 5.12. The standard InChI is InChI=1S/C34H24N4O2/c39-34(37-33-28-16-8-7-14-26(28)21-38(33)22-27-15-9-19-40-27)25-17-18-29-30(20-25)36-32(24-12-5-2-6-13-24)31(35-29)23-10-3-1-4-11-23/h1-20H,21-22H2. The summed E-state index contributed by atoms with van der Waals surface area (Å²) in [5.74, 6) is 1.14. The molecular weight excluding hydrogens is 496 g/mol. The zero-order valence-corrected chi connectivity index (χ0v) is 21.6. The van der Waals surface area contributed by atoms with E-state index >= 15 is 0 Å². The molecule has 0 radical (unpaired) electrons. The van der Waals surface area contributed by atoms with Crippen LogP contribution >= 0.6 is 0 Å². The van der Waals surface area contributed by atoms with Crippen LogP contribution in [0.25, 0.3) is 33.5 Å². The Morgan fingerprint density at radius 3 is 2.12 bits per heavy atom.